The highest BCUT2D eigenvalue weighted by Gasteiger charge is 2.01. The van der Waals surface area contributed by atoms with Gasteiger partial charge in [-0.15, -0.1) is 24.0 Å². The number of ether oxygens (including phenoxy) is 1. The molecule has 4 nitrogen and oxygen atoms in total. The average Bonchev–Trinajstić information content (AvgIpc) is 2.52. The summed E-state index contributed by atoms with van der Waals surface area (Å²) in [6.07, 6.45) is 2.94. The number of halogens is 2. The summed E-state index contributed by atoms with van der Waals surface area (Å²) in [5, 5.41) is 6.60. The third kappa shape index (κ3) is 10.4. The van der Waals surface area contributed by atoms with E-state index in [2.05, 4.69) is 36.4 Å². The standard InChI is InChI=1S/C17H28FN3O.HI/c1-4-14(3)21-17(19-5-2)20-12-6-7-13-22-16-10-8-15(18)9-11-16;/h8-11,14H,4-7,12-13H2,1-3H3,(H2,19,20,21);1H. The largest absolute Gasteiger partial charge is 0.494 e. The third-order valence-corrected chi connectivity index (χ3v) is 3.24. The Kier molecular flexibility index (Phi) is 12.8. The number of guanidine groups is 1. The number of benzene rings is 1. The molecule has 0 aromatic heterocycles. The minimum atomic E-state index is -0.244. The molecule has 0 radical (unpaired) electrons. The van der Waals surface area contributed by atoms with Gasteiger partial charge in [0.1, 0.15) is 11.6 Å². The summed E-state index contributed by atoms with van der Waals surface area (Å²) in [5.41, 5.74) is 0. The normalized spacial score (nSPS) is 12.3. The van der Waals surface area contributed by atoms with Crippen molar-refractivity contribution in [3.63, 3.8) is 0 Å². The van der Waals surface area contributed by atoms with Crippen molar-refractivity contribution in [3.8, 4) is 5.75 Å². The molecule has 6 heteroatoms. The highest BCUT2D eigenvalue weighted by Crippen LogP contribution is 2.11. The summed E-state index contributed by atoms with van der Waals surface area (Å²) in [4.78, 5) is 4.55. The monoisotopic (exact) mass is 437 g/mol. The van der Waals surface area contributed by atoms with Crippen LogP contribution in [0, 0.1) is 5.82 Å². The fourth-order valence-corrected chi connectivity index (χ4v) is 1.78. The fraction of sp³-hybridized carbons (Fsp3) is 0.588. The molecule has 0 aliphatic carbocycles. The van der Waals surface area contributed by atoms with Crippen LogP contribution >= 0.6 is 24.0 Å². The van der Waals surface area contributed by atoms with Crippen LogP contribution in [0.15, 0.2) is 29.3 Å². The number of nitrogens with zero attached hydrogens (tertiary/aromatic N) is 1. The Hall–Kier alpha value is -1.05. The van der Waals surface area contributed by atoms with E-state index in [1.54, 1.807) is 12.1 Å². The van der Waals surface area contributed by atoms with Crippen molar-refractivity contribution in [1.82, 2.24) is 10.6 Å². The maximum Gasteiger partial charge on any atom is 0.191 e. The van der Waals surface area contributed by atoms with E-state index in [0.717, 1.165) is 38.3 Å². The first-order valence-corrected chi connectivity index (χ1v) is 8.09. The summed E-state index contributed by atoms with van der Waals surface area (Å²) < 4.78 is 18.3. The fourth-order valence-electron chi connectivity index (χ4n) is 1.78. The van der Waals surface area contributed by atoms with Crippen molar-refractivity contribution in [2.45, 2.75) is 46.1 Å². The van der Waals surface area contributed by atoms with Gasteiger partial charge in [0.25, 0.3) is 0 Å². The van der Waals surface area contributed by atoms with Crippen LogP contribution in [0.3, 0.4) is 0 Å². The molecule has 1 unspecified atom stereocenters. The molecule has 0 fully saturated rings. The minimum absolute atomic E-state index is 0. The molecule has 23 heavy (non-hydrogen) atoms. The highest BCUT2D eigenvalue weighted by molar-refractivity contribution is 14.0. The molecule has 1 rings (SSSR count). The van der Waals surface area contributed by atoms with Gasteiger partial charge in [-0.25, -0.2) is 4.39 Å². The van der Waals surface area contributed by atoms with Crippen molar-refractivity contribution in [2.24, 2.45) is 4.99 Å². The van der Waals surface area contributed by atoms with Crippen molar-refractivity contribution in [2.75, 3.05) is 19.7 Å². The van der Waals surface area contributed by atoms with E-state index in [4.69, 9.17) is 4.74 Å². The molecule has 0 amide bonds. The summed E-state index contributed by atoms with van der Waals surface area (Å²) >= 11 is 0. The van der Waals surface area contributed by atoms with Crippen LogP contribution in [0.25, 0.3) is 0 Å². The second kappa shape index (κ2) is 13.4. The first-order valence-electron chi connectivity index (χ1n) is 8.09. The maximum absolute atomic E-state index is 12.7. The highest BCUT2D eigenvalue weighted by atomic mass is 127. The van der Waals surface area contributed by atoms with Gasteiger partial charge in [-0.05, 0) is 57.4 Å². The van der Waals surface area contributed by atoms with Gasteiger partial charge in [0.15, 0.2) is 5.96 Å². The van der Waals surface area contributed by atoms with Crippen LogP contribution < -0.4 is 15.4 Å². The molecule has 1 aromatic carbocycles. The zero-order valence-electron chi connectivity index (χ0n) is 14.3. The Labute approximate surface area is 156 Å². The lowest BCUT2D eigenvalue weighted by Gasteiger charge is -2.16. The number of hydrogen-bond acceptors (Lipinski definition) is 2. The SMILES string of the molecule is CCNC(=NCCCCOc1ccc(F)cc1)NC(C)CC.I. The second-order valence-corrected chi connectivity index (χ2v) is 5.22. The van der Waals surface area contributed by atoms with E-state index >= 15 is 0 Å². The molecule has 0 aliphatic rings. The number of nitrogens with one attached hydrogen (secondary N) is 2. The van der Waals surface area contributed by atoms with Crippen molar-refractivity contribution >= 4 is 29.9 Å². The van der Waals surface area contributed by atoms with E-state index in [1.165, 1.54) is 12.1 Å². The summed E-state index contributed by atoms with van der Waals surface area (Å²) in [5.74, 6) is 1.33. The zero-order chi connectivity index (χ0) is 16.2. The van der Waals surface area contributed by atoms with E-state index < -0.39 is 0 Å². The van der Waals surface area contributed by atoms with Crippen LogP contribution in [-0.2, 0) is 0 Å². The van der Waals surface area contributed by atoms with Gasteiger partial charge in [0.05, 0.1) is 6.61 Å². The van der Waals surface area contributed by atoms with Gasteiger partial charge < -0.3 is 15.4 Å². The Balaban J connectivity index is 0.00000484. The van der Waals surface area contributed by atoms with Gasteiger partial charge in [0, 0.05) is 19.1 Å². The van der Waals surface area contributed by atoms with E-state index in [9.17, 15) is 4.39 Å². The van der Waals surface area contributed by atoms with Crippen molar-refractivity contribution < 1.29 is 9.13 Å². The van der Waals surface area contributed by atoms with Crippen molar-refractivity contribution in [3.05, 3.63) is 30.1 Å². The zero-order valence-corrected chi connectivity index (χ0v) is 16.6. The predicted molar refractivity (Wildman–Crippen MR) is 105 cm³/mol. The molecule has 1 aromatic rings. The van der Waals surface area contributed by atoms with Crippen LogP contribution in [0.4, 0.5) is 4.39 Å². The summed E-state index contributed by atoms with van der Waals surface area (Å²) in [7, 11) is 0. The van der Waals surface area contributed by atoms with Gasteiger partial charge in [-0.1, -0.05) is 6.92 Å². The van der Waals surface area contributed by atoms with E-state index in [0.29, 0.717) is 18.4 Å². The van der Waals surface area contributed by atoms with Gasteiger partial charge in [-0.2, -0.15) is 0 Å². The topological polar surface area (TPSA) is 45.7 Å². The molecule has 2 N–H and O–H groups in total. The van der Waals surface area contributed by atoms with Crippen LogP contribution in [0.5, 0.6) is 5.75 Å². The maximum atomic E-state index is 12.7. The number of unbranched alkanes of at least 4 members (excludes halogenated alkanes) is 1. The summed E-state index contributed by atoms with van der Waals surface area (Å²) in [6.45, 7) is 8.59. The first kappa shape index (κ1) is 21.9. The molecular formula is C17H29FIN3O. The van der Waals surface area contributed by atoms with Gasteiger partial charge in [0.2, 0.25) is 0 Å². The molecule has 0 spiro atoms. The van der Waals surface area contributed by atoms with Crippen LogP contribution in [-0.4, -0.2) is 31.7 Å². The molecule has 0 saturated heterocycles. The quantitative estimate of drug-likeness (QED) is 0.266. The molecule has 0 aliphatic heterocycles. The Morgan fingerprint density at radius 1 is 1.22 bits per heavy atom. The Bertz CT molecular complexity index is 440. The average molecular weight is 437 g/mol. The number of hydrogen-bond donors (Lipinski definition) is 2. The predicted octanol–water partition coefficient (Wildman–Crippen LogP) is 3.96. The molecule has 1 atom stereocenters. The smallest absolute Gasteiger partial charge is 0.191 e. The first-order chi connectivity index (χ1) is 10.7. The van der Waals surface area contributed by atoms with E-state index in [1.807, 2.05) is 0 Å². The molecule has 0 bridgehead atoms. The van der Waals surface area contributed by atoms with Crippen LogP contribution in [0.2, 0.25) is 0 Å². The number of aliphatic imine (C=N–C) groups is 1. The second-order valence-electron chi connectivity index (χ2n) is 5.22. The molecule has 0 heterocycles. The van der Waals surface area contributed by atoms with Crippen molar-refractivity contribution in [1.29, 1.82) is 0 Å². The lowest BCUT2D eigenvalue weighted by molar-refractivity contribution is 0.307. The minimum Gasteiger partial charge on any atom is -0.494 e. The summed E-state index contributed by atoms with van der Waals surface area (Å²) in [6, 6.07) is 6.52. The number of rotatable bonds is 9. The molecular weight excluding hydrogens is 408 g/mol. The Morgan fingerprint density at radius 2 is 1.91 bits per heavy atom. The lowest BCUT2D eigenvalue weighted by atomic mass is 10.3. The lowest BCUT2D eigenvalue weighted by Crippen LogP contribution is -2.42. The van der Waals surface area contributed by atoms with Gasteiger partial charge >= 0.3 is 0 Å². The van der Waals surface area contributed by atoms with Crippen LogP contribution in [0.1, 0.15) is 40.0 Å². The Morgan fingerprint density at radius 3 is 2.52 bits per heavy atom. The molecule has 132 valence electrons. The third-order valence-electron chi connectivity index (χ3n) is 3.24. The van der Waals surface area contributed by atoms with Gasteiger partial charge in [-0.3, -0.25) is 4.99 Å². The van der Waals surface area contributed by atoms with E-state index in [-0.39, 0.29) is 29.8 Å². The molecule has 0 saturated carbocycles.